The van der Waals surface area contributed by atoms with Gasteiger partial charge in [-0.2, -0.15) is 0 Å². The molecule has 2 atom stereocenters. The van der Waals surface area contributed by atoms with Crippen molar-refractivity contribution in [3.8, 4) is 12.3 Å². The quantitative estimate of drug-likeness (QED) is 0.562. The lowest BCUT2D eigenvalue weighted by atomic mass is 10.2. The Kier molecular flexibility index (Phi) is 6.06. The summed E-state index contributed by atoms with van der Waals surface area (Å²) in [6.07, 6.45) is 8.11. The highest BCUT2D eigenvalue weighted by molar-refractivity contribution is 8.00. The van der Waals surface area contributed by atoms with Crippen LogP contribution in [0.4, 0.5) is 0 Å². The summed E-state index contributed by atoms with van der Waals surface area (Å²) < 4.78 is 4.99. The van der Waals surface area contributed by atoms with Crippen molar-refractivity contribution < 1.29 is 14.3 Å². The average molecular weight is 269 g/mol. The third-order valence-electron chi connectivity index (χ3n) is 2.81. The zero-order valence-corrected chi connectivity index (χ0v) is 11.7. The number of hydrogen-bond donors (Lipinski definition) is 0. The molecule has 1 saturated heterocycles. The predicted octanol–water partition coefficient (Wildman–Crippen LogP) is 1.64. The number of esters is 1. The summed E-state index contributed by atoms with van der Waals surface area (Å²) in [5.74, 6) is 1.90. The van der Waals surface area contributed by atoms with Crippen LogP contribution in [0.2, 0.25) is 0 Å². The third kappa shape index (κ3) is 3.42. The van der Waals surface area contributed by atoms with Gasteiger partial charge in [0.2, 0.25) is 0 Å². The maximum absolute atomic E-state index is 11.8. The first-order valence-electron chi connectivity index (χ1n) is 6.22. The monoisotopic (exact) mass is 269 g/mol. The molecule has 0 spiro atoms. The molecule has 1 rings (SSSR count). The minimum Gasteiger partial charge on any atom is -0.464 e. The maximum Gasteiger partial charge on any atom is 0.329 e. The van der Waals surface area contributed by atoms with E-state index in [9.17, 15) is 9.59 Å². The summed E-state index contributed by atoms with van der Waals surface area (Å²) in [5.41, 5.74) is 0. The Bertz CT molecular complexity index is 351. The van der Waals surface area contributed by atoms with Crippen LogP contribution in [0.15, 0.2) is 0 Å². The number of hydrogen-bond acceptors (Lipinski definition) is 4. The van der Waals surface area contributed by atoms with E-state index in [0.717, 1.165) is 19.3 Å². The zero-order chi connectivity index (χ0) is 13.5. The van der Waals surface area contributed by atoms with Gasteiger partial charge in [-0.15, -0.1) is 18.2 Å². The first-order valence-corrected chi connectivity index (χ1v) is 7.27. The highest BCUT2D eigenvalue weighted by atomic mass is 32.2. The lowest BCUT2D eigenvalue weighted by Gasteiger charge is -2.26. The minimum absolute atomic E-state index is 0.00269. The van der Waals surface area contributed by atoms with Gasteiger partial charge in [0, 0.05) is 5.75 Å². The van der Waals surface area contributed by atoms with Gasteiger partial charge in [0.15, 0.2) is 0 Å². The minimum atomic E-state index is -0.527. The number of terminal acetylenes is 1. The molecule has 0 aromatic heterocycles. The lowest BCUT2D eigenvalue weighted by molar-refractivity contribution is -0.152. The summed E-state index contributed by atoms with van der Waals surface area (Å²) in [7, 11) is 0. The second-order valence-electron chi connectivity index (χ2n) is 4.05. The number of nitrogens with zero attached hydrogens (tertiary/aromatic N) is 1. The normalized spacial score (nSPS) is 22.6. The molecule has 0 aromatic carbocycles. The van der Waals surface area contributed by atoms with Gasteiger partial charge in [-0.1, -0.05) is 19.8 Å². The summed E-state index contributed by atoms with van der Waals surface area (Å²) in [4.78, 5) is 25.1. The van der Waals surface area contributed by atoms with E-state index in [4.69, 9.17) is 11.2 Å². The molecule has 18 heavy (non-hydrogen) atoms. The standard InChI is InChI=1S/C13H19NO3S/c1-4-7-8-12-14(11(15)5-2)10(9-18-12)13(16)17-6-3/h2,10,12H,4,6-9H2,1,3H3/t10-,12?/m1/s1. The van der Waals surface area contributed by atoms with E-state index in [2.05, 4.69) is 12.8 Å². The van der Waals surface area contributed by atoms with Gasteiger partial charge in [-0.25, -0.2) is 4.79 Å². The van der Waals surface area contributed by atoms with Crippen LogP contribution in [0.1, 0.15) is 33.1 Å². The van der Waals surface area contributed by atoms with E-state index in [1.54, 1.807) is 18.7 Å². The highest BCUT2D eigenvalue weighted by Crippen LogP contribution is 2.33. The fourth-order valence-electron chi connectivity index (χ4n) is 1.93. The highest BCUT2D eigenvalue weighted by Gasteiger charge is 2.41. The van der Waals surface area contributed by atoms with Gasteiger partial charge in [0.05, 0.1) is 12.0 Å². The smallest absolute Gasteiger partial charge is 0.329 e. The molecule has 0 aliphatic carbocycles. The van der Waals surface area contributed by atoms with Gasteiger partial charge >= 0.3 is 5.97 Å². The average Bonchev–Trinajstić information content (AvgIpc) is 2.79. The Morgan fingerprint density at radius 3 is 2.78 bits per heavy atom. The van der Waals surface area contributed by atoms with Crippen LogP contribution in [0.25, 0.3) is 0 Å². The van der Waals surface area contributed by atoms with Crippen LogP contribution in [0.3, 0.4) is 0 Å². The van der Waals surface area contributed by atoms with Crippen LogP contribution >= 0.6 is 11.8 Å². The van der Waals surface area contributed by atoms with E-state index in [-0.39, 0.29) is 11.3 Å². The molecule has 100 valence electrons. The summed E-state index contributed by atoms with van der Waals surface area (Å²) in [5, 5.41) is 0.00269. The van der Waals surface area contributed by atoms with Crippen LogP contribution in [-0.2, 0) is 14.3 Å². The molecule has 1 heterocycles. The first kappa shape index (κ1) is 14.9. The predicted molar refractivity (Wildman–Crippen MR) is 71.9 cm³/mol. The van der Waals surface area contributed by atoms with E-state index < -0.39 is 11.9 Å². The zero-order valence-electron chi connectivity index (χ0n) is 10.8. The summed E-state index contributed by atoms with van der Waals surface area (Å²) >= 11 is 1.61. The van der Waals surface area contributed by atoms with Crippen LogP contribution in [-0.4, -0.2) is 40.6 Å². The molecule has 1 aliphatic rings. The summed E-state index contributed by atoms with van der Waals surface area (Å²) in [6, 6.07) is -0.527. The number of rotatable bonds is 5. The second kappa shape index (κ2) is 7.32. The van der Waals surface area contributed by atoms with Crippen molar-refractivity contribution in [3.63, 3.8) is 0 Å². The molecular formula is C13H19NO3S. The van der Waals surface area contributed by atoms with E-state index in [1.807, 2.05) is 0 Å². The number of amides is 1. The van der Waals surface area contributed by atoms with Crippen molar-refractivity contribution in [2.45, 2.75) is 44.5 Å². The molecule has 0 radical (unpaired) electrons. The summed E-state index contributed by atoms with van der Waals surface area (Å²) in [6.45, 7) is 4.16. The Morgan fingerprint density at radius 2 is 2.22 bits per heavy atom. The van der Waals surface area contributed by atoms with Gasteiger partial charge in [-0.05, 0) is 19.3 Å². The fourth-order valence-corrected chi connectivity index (χ4v) is 3.37. The van der Waals surface area contributed by atoms with Crippen molar-refractivity contribution in [3.05, 3.63) is 0 Å². The van der Waals surface area contributed by atoms with Crippen molar-refractivity contribution in [2.24, 2.45) is 0 Å². The third-order valence-corrected chi connectivity index (χ3v) is 4.17. The second-order valence-corrected chi connectivity index (χ2v) is 5.27. The SMILES string of the molecule is C#CC(=O)N1C(CCCC)SC[C@@H]1C(=O)OCC. The van der Waals surface area contributed by atoms with Crippen LogP contribution < -0.4 is 0 Å². The van der Waals surface area contributed by atoms with E-state index in [0.29, 0.717) is 12.4 Å². The van der Waals surface area contributed by atoms with E-state index in [1.165, 1.54) is 4.90 Å². The van der Waals surface area contributed by atoms with Crippen molar-refractivity contribution >= 4 is 23.6 Å². The van der Waals surface area contributed by atoms with Crippen molar-refractivity contribution in [1.82, 2.24) is 4.90 Å². The fraction of sp³-hybridized carbons (Fsp3) is 0.692. The van der Waals surface area contributed by atoms with Crippen LogP contribution in [0, 0.1) is 12.3 Å². The molecule has 1 unspecified atom stereocenters. The molecule has 0 aromatic rings. The number of carbonyl (C=O) groups excluding carboxylic acids is 2. The molecule has 5 heteroatoms. The largest absolute Gasteiger partial charge is 0.464 e. The van der Waals surface area contributed by atoms with Gasteiger partial charge in [0.25, 0.3) is 5.91 Å². The van der Waals surface area contributed by atoms with Crippen LogP contribution in [0.5, 0.6) is 0 Å². The number of ether oxygens (including phenoxy) is 1. The Hall–Kier alpha value is -1.15. The molecule has 0 N–H and O–H groups in total. The molecule has 1 aliphatic heterocycles. The molecule has 4 nitrogen and oxygen atoms in total. The molecule has 1 fully saturated rings. The lowest BCUT2D eigenvalue weighted by Crippen LogP contribution is -2.45. The maximum atomic E-state index is 11.8. The van der Waals surface area contributed by atoms with E-state index >= 15 is 0 Å². The molecule has 1 amide bonds. The Balaban J connectivity index is 2.77. The van der Waals surface area contributed by atoms with Crippen molar-refractivity contribution in [1.29, 1.82) is 0 Å². The molecule has 0 saturated carbocycles. The Morgan fingerprint density at radius 1 is 1.50 bits per heavy atom. The molecule has 0 bridgehead atoms. The van der Waals surface area contributed by atoms with Crippen molar-refractivity contribution in [2.75, 3.05) is 12.4 Å². The Labute approximate surface area is 112 Å². The number of unbranched alkanes of at least 4 members (excludes halogenated alkanes) is 1. The van der Waals surface area contributed by atoms with Gasteiger partial charge in [-0.3, -0.25) is 4.79 Å². The first-order chi connectivity index (χ1) is 8.65. The number of thioether (sulfide) groups is 1. The topological polar surface area (TPSA) is 46.6 Å². The molecular weight excluding hydrogens is 250 g/mol. The van der Waals surface area contributed by atoms with Gasteiger partial charge < -0.3 is 9.64 Å². The van der Waals surface area contributed by atoms with Gasteiger partial charge in [0.1, 0.15) is 6.04 Å². The number of carbonyl (C=O) groups is 2.